The van der Waals surface area contributed by atoms with Crippen LogP contribution < -0.4 is 0 Å². The first-order valence-electron chi connectivity index (χ1n) is 4.89. The molecular formula is C10H9ClN2O2S2. The van der Waals surface area contributed by atoms with E-state index < -0.39 is 4.92 Å². The highest BCUT2D eigenvalue weighted by atomic mass is 35.5. The van der Waals surface area contributed by atoms with E-state index in [1.54, 1.807) is 29.6 Å². The summed E-state index contributed by atoms with van der Waals surface area (Å²) in [7, 11) is 0. The standard InChI is InChI=1S/C10H9ClN2O2S2/c11-9-2-1-8(13(14)15)5-7(9)6-17-10-12-3-4-16-10/h1-2,5H,3-4,6H2. The highest BCUT2D eigenvalue weighted by molar-refractivity contribution is 8.38. The van der Waals surface area contributed by atoms with Crippen molar-refractivity contribution < 1.29 is 4.92 Å². The molecule has 0 spiro atoms. The minimum absolute atomic E-state index is 0.0750. The van der Waals surface area contributed by atoms with Crippen LogP contribution in [0.25, 0.3) is 0 Å². The molecule has 0 fully saturated rings. The second kappa shape index (κ2) is 5.75. The van der Waals surface area contributed by atoms with Crippen molar-refractivity contribution in [3.63, 3.8) is 0 Å². The van der Waals surface area contributed by atoms with Crippen LogP contribution in [0, 0.1) is 10.1 Å². The van der Waals surface area contributed by atoms with E-state index in [1.165, 1.54) is 12.1 Å². The molecule has 1 aromatic carbocycles. The van der Waals surface area contributed by atoms with Gasteiger partial charge in [-0.3, -0.25) is 15.1 Å². The highest BCUT2D eigenvalue weighted by Gasteiger charge is 2.12. The molecule has 0 radical (unpaired) electrons. The third kappa shape index (κ3) is 3.37. The Kier molecular flexibility index (Phi) is 4.31. The lowest BCUT2D eigenvalue weighted by molar-refractivity contribution is -0.384. The van der Waals surface area contributed by atoms with Crippen LogP contribution in [0.3, 0.4) is 0 Å². The molecule has 1 aromatic rings. The Balaban J connectivity index is 2.08. The van der Waals surface area contributed by atoms with E-state index in [4.69, 9.17) is 11.6 Å². The van der Waals surface area contributed by atoms with Crippen LogP contribution in [-0.2, 0) is 5.75 Å². The summed E-state index contributed by atoms with van der Waals surface area (Å²) in [6.07, 6.45) is 0. The van der Waals surface area contributed by atoms with Crippen molar-refractivity contribution in [2.75, 3.05) is 12.3 Å². The van der Waals surface area contributed by atoms with Crippen LogP contribution in [0.4, 0.5) is 5.69 Å². The van der Waals surface area contributed by atoms with E-state index >= 15 is 0 Å². The molecular weight excluding hydrogens is 280 g/mol. The zero-order valence-electron chi connectivity index (χ0n) is 8.76. The van der Waals surface area contributed by atoms with Gasteiger partial charge in [-0.05, 0) is 11.6 Å². The molecule has 1 heterocycles. The van der Waals surface area contributed by atoms with E-state index in [0.717, 1.165) is 22.2 Å². The molecule has 1 aliphatic rings. The van der Waals surface area contributed by atoms with Gasteiger partial charge in [0.2, 0.25) is 0 Å². The number of nitro benzene ring substituents is 1. The van der Waals surface area contributed by atoms with Gasteiger partial charge < -0.3 is 0 Å². The molecule has 0 saturated heterocycles. The molecule has 0 atom stereocenters. The van der Waals surface area contributed by atoms with E-state index in [9.17, 15) is 10.1 Å². The molecule has 0 aliphatic carbocycles. The lowest BCUT2D eigenvalue weighted by atomic mass is 10.2. The highest BCUT2D eigenvalue weighted by Crippen LogP contribution is 2.30. The Morgan fingerprint density at radius 2 is 2.41 bits per heavy atom. The molecule has 0 aromatic heterocycles. The molecule has 4 nitrogen and oxygen atoms in total. The lowest BCUT2D eigenvalue weighted by Crippen LogP contribution is -1.91. The number of nitrogens with zero attached hydrogens (tertiary/aromatic N) is 2. The third-order valence-electron chi connectivity index (χ3n) is 2.15. The molecule has 0 bridgehead atoms. The predicted molar refractivity (Wildman–Crippen MR) is 74.2 cm³/mol. The van der Waals surface area contributed by atoms with Gasteiger partial charge in [-0.1, -0.05) is 35.1 Å². The molecule has 7 heteroatoms. The summed E-state index contributed by atoms with van der Waals surface area (Å²) < 4.78 is 1.03. The molecule has 1 aliphatic heterocycles. The minimum atomic E-state index is -0.410. The van der Waals surface area contributed by atoms with Crippen molar-refractivity contribution in [1.29, 1.82) is 0 Å². The number of non-ortho nitro benzene ring substituents is 1. The first kappa shape index (κ1) is 12.7. The van der Waals surface area contributed by atoms with Gasteiger partial charge in [-0.15, -0.1) is 0 Å². The fraction of sp³-hybridized carbons (Fsp3) is 0.300. The number of hydrogen-bond donors (Lipinski definition) is 0. The van der Waals surface area contributed by atoms with Crippen molar-refractivity contribution in [2.24, 2.45) is 4.99 Å². The molecule has 17 heavy (non-hydrogen) atoms. The quantitative estimate of drug-likeness (QED) is 0.630. The summed E-state index contributed by atoms with van der Waals surface area (Å²) in [6.45, 7) is 0.857. The predicted octanol–water partition coefficient (Wildman–Crippen LogP) is 3.58. The second-order valence-corrected chi connectivity index (χ2v) is 6.03. The smallest absolute Gasteiger partial charge is 0.269 e. The first-order chi connectivity index (χ1) is 8.16. The van der Waals surface area contributed by atoms with E-state index in [-0.39, 0.29) is 5.69 Å². The van der Waals surface area contributed by atoms with E-state index in [0.29, 0.717) is 10.8 Å². The number of benzene rings is 1. The fourth-order valence-electron chi connectivity index (χ4n) is 1.33. The van der Waals surface area contributed by atoms with Gasteiger partial charge in [0.05, 0.1) is 11.5 Å². The van der Waals surface area contributed by atoms with Crippen LogP contribution >= 0.6 is 35.1 Å². The van der Waals surface area contributed by atoms with Crippen LogP contribution in [-0.4, -0.2) is 21.6 Å². The Hall–Kier alpha value is -0.720. The average Bonchev–Trinajstić information content (AvgIpc) is 2.80. The summed E-state index contributed by atoms with van der Waals surface area (Å²) in [5.41, 5.74) is 0.854. The van der Waals surface area contributed by atoms with E-state index in [1.807, 2.05) is 0 Å². The normalized spacial score (nSPS) is 14.8. The van der Waals surface area contributed by atoms with Crippen LogP contribution in [0.1, 0.15) is 5.56 Å². The van der Waals surface area contributed by atoms with E-state index in [2.05, 4.69) is 4.99 Å². The summed E-state index contributed by atoms with van der Waals surface area (Å²) in [5.74, 6) is 1.64. The first-order valence-corrected chi connectivity index (χ1v) is 7.24. The Labute approximate surface area is 112 Å². The van der Waals surface area contributed by atoms with Gasteiger partial charge in [-0.25, -0.2) is 0 Å². The summed E-state index contributed by atoms with van der Waals surface area (Å²) in [4.78, 5) is 14.5. The fourth-order valence-corrected chi connectivity index (χ4v) is 3.59. The molecule has 0 amide bonds. The number of thioether (sulfide) groups is 2. The van der Waals surface area contributed by atoms with Gasteiger partial charge in [0.25, 0.3) is 5.69 Å². The van der Waals surface area contributed by atoms with Gasteiger partial charge in [0, 0.05) is 28.7 Å². The zero-order chi connectivity index (χ0) is 12.3. The summed E-state index contributed by atoms with van der Waals surface area (Å²) in [5, 5.41) is 11.2. The number of aliphatic imine (C=N–C) groups is 1. The number of nitro groups is 1. The molecule has 2 rings (SSSR count). The maximum absolute atomic E-state index is 10.7. The van der Waals surface area contributed by atoms with Crippen LogP contribution in [0.2, 0.25) is 5.02 Å². The third-order valence-corrected chi connectivity index (χ3v) is 4.82. The maximum Gasteiger partial charge on any atom is 0.269 e. The summed E-state index contributed by atoms with van der Waals surface area (Å²) in [6, 6.07) is 4.51. The maximum atomic E-state index is 10.7. The largest absolute Gasteiger partial charge is 0.271 e. The molecule has 0 N–H and O–H groups in total. The SMILES string of the molecule is O=[N+]([O-])c1ccc(Cl)c(CSC2=NCCS2)c1. The average molecular weight is 289 g/mol. The second-order valence-electron chi connectivity index (χ2n) is 3.32. The number of hydrogen-bond acceptors (Lipinski definition) is 5. The van der Waals surface area contributed by atoms with Gasteiger partial charge in [-0.2, -0.15) is 0 Å². The van der Waals surface area contributed by atoms with Gasteiger partial charge >= 0.3 is 0 Å². The molecule has 0 saturated carbocycles. The molecule has 0 unspecified atom stereocenters. The Bertz CT molecular complexity index is 479. The van der Waals surface area contributed by atoms with Crippen LogP contribution in [0.5, 0.6) is 0 Å². The topological polar surface area (TPSA) is 55.5 Å². The van der Waals surface area contributed by atoms with Crippen molar-refractivity contribution >= 4 is 45.2 Å². The van der Waals surface area contributed by atoms with Gasteiger partial charge in [0.15, 0.2) is 0 Å². The molecule has 90 valence electrons. The number of halogens is 1. The van der Waals surface area contributed by atoms with Crippen molar-refractivity contribution in [3.8, 4) is 0 Å². The Morgan fingerprint density at radius 1 is 1.59 bits per heavy atom. The Morgan fingerprint density at radius 3 is 3.06 bits per heavy atom. The minimum Gasteiger partial charge on any atom is -0.271 e. The van der Waals surface area contributed by atoms with Crippen LogP contribution in [0.15, 0.2) is 23.2 Å². The zero-order valence-corrected chi connectivity index (χ0v) is 11.1. The lowest BCUT2D eigenvalue weighted by Gasteiger charge is -2.03. The summed E-state index contributed by atoms with van der Waals surface area (Å²) >= 11 is 9.30. The van der Waals surface area contributed by atoms with Gasteiger partial charge in [0.1, 0.15) is 4.38 Å². The van der Waals surface area contributed by atoms with Crippen molar-refractivity contribution in [2.45, 2.75) is 5.75 Å². The number of rotatable bonds is 3. The monoisotopic (exact) mass is 288 g/mol. The van der Waals surface area contributed by atoms with Crippen molar-refractivity contribution in [1.82, 2.24) is 0 Å². The van der Waals surface area contributed by atoms with Crippen molar-refractivity contribution in [3.05, 3.63) is 38.9 Å².